The number of aromatic nitrogens is 3. The molecule has 3 aromatic carbocycles. The fraction of sp³-hybridized carbons (Fsp3) is 0.250. The van der Waals surface area contributed by atoms with Gasteiger partial charge < -0.3 is 24.8 Å². The van der Waals surface area contributed by atoms with Gasteiger partial charge in [-0.05, 0) is 78.8 Å². The van der Waals surface area contributed by atoms with Crippen molar-refractivity contribution in [1.82, 2.24) is 25.2 Å². The lowest BCUT2D eigenvalue weighted by molar-refractivity contribution is -0.123. The summed E-state index contributed by atoms with van der Waals surface area (Å²) in [6.45, 7) is 3.88. The SMILES string of the molecule is Cc1c(-c2ncnc3[nH]c(-c4ccc(C(=O)N5CCNC(=O)C5)cc4)cc23)cccc1N1CCOc2cc(C3CC3)ccc2C1=O. The van der Waals surface area contributed by atoms with Crippen molar-refractivity contribution in [2.75, 3.05) is 37.7 Å². The number of benzene rings is 3. The predicted octanol–water partition coefficient (Wildman–Crippen LogP) is 5.09. The molecule has 0 unspecified atom stereocenters. The molecule has 2 fully saturated rings. The van der Waals surface area contributed by atoms with Crippen LogP contribution in [0.3, 0.4) is 0 Å². The number of hydrogen-bond acceptors (Lipinski definition) is 6. The summed E-state index contributed by atoms with van der Waals surface area (Å²) in [6.07, 6.45) is 3.93. The lowest BCUT2D eigenvalue weighted by atomic mass is 10.00. The smallest absolute Gasteiger partial charge is 0.262 e. The monoisotopic (exact) mass is 612 g/mol. The van der Waals surface area contributed by atoms with Crippen LogP contribution in [-0.2, 0) is 4.79 Å². The molecule has 3 aliphatic rings. The summed E-state index contributed by atoms with van der Waals surface area (Å²) < 4.78 is 6.08. The molecule has 8 rings (SSSR count). The highest BCUT2D eigenvalue weighted by Gasteiger charge is 2.30. The van der Waals surface area contributed by atoms with Crippen LogP contribution in [0.2, 0.25) is 0 Å². The van der Waals surface area contributed by atoms with E-state index in [4.69, 9.17) is 4.74 Å². The summed E-state index contributed by atoms with van der Waals surface area (Å²) in [4.78, 5) is 54.5. The summed E-state index contributed by atoms with van der Waals surface area (Å²) in [5.41, 5.74) is 8.19. The van der Waals surface area contributed by atoms with Crippen molar-refractivity contribution in [3.63, 3.8) is 0 Å². The molecule has 1 aliphatic carbocycles. The van der Waals surface area contributed by atoms with Crippen LogP contribution in [0.25, 0.3) is 33.5 Å². The largest absolute Gasteiger partial charge is 0.491 e. The van der Waals surface area contributed by atoms with Crippen molar-refractivity contribution in [3.05, 3.63) is 95.3 Å². The van der Waals surface area contributed by atoms with E-state index in [1.54, 1.807) is 23.4 Å². The first-order valence-corrected chi connectivity index (χ1v) is 15.6. The normalized spacial score (nSPS) is 16.5. The number of fused-ring (bicyclic) bond motifs is 2. The van der Waals surface area contributed by atoms with E-state index in [1.165, 1.54) is 18.4 Å². The summed E-state index contributed by atoms with van der Waals surface area (Å²) in [7, 11) is 0. The van der Waals surface area contributed by atoms with Gasteiger partial charge in [-0.25, -0.2) is 9.97 Å². The maximum atomic E-state index is 13.9. The molecule has 0 spiro atoms. The molecule has 1 saturated carbocycles. The number of piperazine rings is 1. The van der Waals surface area contributed by atoms with Crippen LogP contribution in [-0.4, -0.2) is 70.4 Å². The van der Waals surface area contributed by atoms with Gasteiger partial charge in [0.15, 0.2) is 0 Å². The Morgan fingerprint density at radius 3 is 2.61 bits per heavy atom. The first-order valence-electron chi connectivity index (χ1n) is 15.6. The second-order valence-electron chi connectivity index (χ2n) is 12.1. The molecular weight excluding hydrogens is 580 g/mol. The Labute approximate surface area is 265 Å². The van der Waals surface area contributed by atoms with E-state index in [1.807, 2.05) is 60.4 Å². The van der Waals surface area contributed by atoms with Crippen molar-refractivity contribution in [2.45, 2.75) is 25.7 Å². The Bertz CT molecular complexity index is 2030. The minimum absolute atomic E-state index is 0.0683. The number of carbonyl (C=O) groups excluding carboxylic acids is 3. The number of nitrogens with one attached hydrogen (secondary N) is 2. The zero-order chi connectivity index (χ0) is 31.4. The Kier molecular flexibility index (Phi) is 6.78. The van der Waals surface area contributed by atoms with E-state index >= 15 is 0 Å². The molecule has 10 heteroatoms. The number of ether oxygens (including phenoxy) is 1. The molecule has 0 atom stereocenters. The van der Waals surface area contributed by atoms with E-state index in [0.717, 1.165) is 39.2 Å². The number of amides is 3. The number of rotatable bonds is 5. The number of carbonyl (C=O) groups is 3. The van der Waals surface area contributed by atoms with Gasteiger partial charge in [0.1, 0.15) is 24.3 Å². The first-order chi connectivity index (χ1) is 22.4. The molecule has 2 aliphatic heterocycles. The average Bonchev–Trinajstić information content (AvgIpc) is 3.86. The molecular formula is C36H32N6O4. The predicted molar refractivity (Wildman–Crippen MR) is 174 cm³/mol. The standard InChI is InChI=1S/C36H32N6O4/c1-21-26(3-2-4-30(21)42-15-16-46-31-17-25(22-5-6-22)11-12-27(31)36(42)45)33-28-18-29(40-34(28)39-20-38-33)23-7-9-24(10-8-23)35(44)41-14-13-37-32(43)19-41/h2-4,7-12,17-18,20,22H,5-6,13-16,19H2,1H3,(H,37,43)(H,38,39,40). The van der Waals surface area contributed by atoms with Crippen molar-refractivity contribution in [3.8, 4) is 28.3 Å². The van der Waals surface area contributed by atoms with Gasteiger partial charge in [0, 0.05) is 41.0 Å². The van der Waals surface area contributed by atoms with E-state index in [2.05, 4.69) is 26.3 Å². The fourth-order valence-electron chi connectivity index (χ4n) is 6.50. The lowest BCUT2D eigenvalue weighted by Crippen LogP contribution is -2.49. The first kappa shape index (κ1) is 28.0. The van der Waals surface area contributed by atoms with Crippen molar-refractivity contribution >= 4 is 34.4 Å². The number of H-pyrrole nitrogens is 1. The van der Waals surface area contributed by atoms with Crippen LogP contribution >= 0.6 is 0 Å². The second kappa shape index (κ2) is 11.1. The van der Waals surface area contributed by atoms with E-state index in [-0.39, 0.29) is 24.3 Å². The van der Waals surface area contributed by atoms with Gasteiger partial charge in [-0.15, -0.1) is 0 Å². The minimum Gasteiger partial charge on any atom is -0.491 e. The Balaban J connectivity index is 1.09. The third-order valence-corrected chi connectivity index (χ3v) is 9.15. The molecule has 0 radical (unpaired) electrons. The third kappa shape index (κ3) is 4.95. The molecule has 0 bridgehead atoms. The number of hydrogen-bond donors (Lipinski definition) is 2. The average molecular weight is 613 g/mol. The van der Waals surface area contributed by atoms with Gasteiger partial charge in [0.25, 0.3) is 11.8 Å². The molecule has 3 amide bonds. The maximum absolute atomic E-state index is 13.9. The van der Waals surface area contributed by atoms with Crippen molar-refractivity contribution < 1.29 is 19.1 Å². The van der Waals surface area contributed by atoms with Crippen LogP contribution in [0.1, 0.15) is 50.6 Å². The Hall–Kier alpha value is -5.51. The highest BCUT2D eigenvalue weighted by Crippen LogP contribution is 2.42. The molecule has 1 saturated heterocycles. The third-order valence-electron chi connectivity index (χ3n) is 9.15. The molecule has 2 N–H and O–H groups in total. The van der Waals surface area contributed by atoms with Crippen LogP contribution in [0.5, 0.6) is 5.75 Å². The molecule has 10 nitrogen and oxygen atoms in total. The minimum atomic E-state index is -0.164. The van der Waals surface area contributed by atoms with Gasteiger partial charge in [-0.3, -0.25) is 14.4 Å². The van der Waals surface area contributed by atoms with Gasteiger partial charge in [0.2, 0.25) is 5.91 Å². The summed E-state index contributed by atoms with van der Waals surface area (Å²) in [6, 6.07) is 21.3. The summed E-state index contributed by atoms with van der Waals surface area (Å²) in [5, 5.41) is 3.59. The zero-order valence-electron chi connectivity index (χ0n) is 25.4. The van der Waals surface area contributed by atoms with Gasteiger partial charge in [-0.2, -0.15) is 0 Å². The van der Waals surface area contributed by atoms with Crippen LogP contribution < -0.4 is 15.0 Å². The van der Waals surface area contributed by atoms with E-state index < -0.39 is 0 Å². The molecule has 230 valence electrons. The summed E-state index contributed by atoms with van der Waals surface area (Å²) >= 11 is 0. The van der Waals surface area contributed by atoms with Crippen LogP contribution in [0.15, 0.2) is 73.1 Å². The lowest BCUT2D eigenvalue weighted by Gasteiger charge is -2.26. The Morgan fingerprint density at radius 1 is 0.957 bits per heavy atom. The van der Waals surface area contributed by atoms with Crippen molar-refractivity contribution in [1.29, 1.82) is 0 Å². The van der Waals surface area contributed by atoms with Gasteiger partial charge in [0.05, 0.1) is 24.3 Å². The zero-order valence-corrected chi connectivity index (χ0v) is 25.4. The fourth-order valence-corrected chi connectivity index (χ4v) is 6.50. The maximum Gasteiger partial charge on any atom is 0.262 e. The highest BCUT2D eigenvalue weighted by molar-refractivity contribution is 6.09. The highest BCUT2D eigenvalue weighted by atomic mass is 16.5. The number of anilines is 1. The number of nitrogens with zero attached hydrogens (tertiary/aromatic N) is 4. The second-order valence-corrected chi connectivity index (χ2v) is 12.1. The molecule has 46 heavy (non-hydrogen) atoms. The molecule has 5 aromatic rings. The van der Waals surface area contributed by atoms with Gasteiger partial charge in [-0.1, -0.05) is 30.3 Å². The van der Waals surface area contributed by atoms with Crippen molar-refractivity contribution in [2.24, 2.45) is 0 Å². The number of aromatic amines is 1. The van der Waals surface area contributed by atoms with Crippen LogP contribution in [0, 0.1) is 6.92 Å². The molecule has 4 heterocycles. The van der Waals surface area contributed by atoms with Crippen LogP contribution in [0.4, 0.5) is 5.69 Å². The quantitative estimate of drug-likeness (QED) is 0.285. The van der Waals surface area contributed by atoms with E-state index in [9.17, 15) is 14.4 Å². The van der Waals surface area contributed by atoms with E-state index in [0.29, 0.717) is 54.7 Å². The Morgan fingerprint density at radius 2 is 1.80 bits per heavy atom. The molecule has 2 aromatic heterocycles. The van der Waals surface area contributed by atoms with Gasteiger partial charge >= 0.3 is 0 Å². The topological polar surface area (TPSA) is 121 Å². The summed E-state index contributed by atoms with van der Waals surface area (Å²) in [5.74, 6) is 0.866.